The molecule has 0 aliphatic carbocycles. The van der Waals surface area contributed by atoms with Crippen molar-refractivity contribution < 1.29 is 9.53 Å². The molecule has 4 nitrogen and oxygen atoms in total. The van der Waals surface area contributed by atoms with E-state index in [9.17, 15) is 4.79 Å². The van der Waals surface area contributed by atoms with Crippen LogP contribution in [0.5, 0.6) is 0 Å². The third-order valence-corrected chi connectivity index (χ3v) is 3.82. The number of hydrogen-bond donors (Lipinski definition) is 0. The van der Waals surface area contributed by atoms with Crippen LogP contribution < -0.4 is 0 Å². The fourth-order valence-electron chi connectivity index (χ4n) is 0.940. The number of carbonyl (C=O) groups is 1. The van der Waals surface area contributed by atoms with Gasteiger partial charge < -0.3 is 4.74 Å². The molecular formula is C8H5BrN2O2S2. The number of thiazole rings is 2. The van der Waals surface area contributed by atoms with Crippen LogP contribution in [-0.4, -0.2) is 23.0 Å². The Morgan fingerprint density at radius 3 is 2.80 bits per heavy atom. The van der Waals surface area contributed by atoms with Gasteiger partial charge in [-0.3, -0.25) is 0 Å². The first-order chi connectivity index (χ1) is 7.20. The Morgan fingerprint density at radius 2 is 2.20 bits per heavy atom. The van der Waals surface area contributed by atoms with Gasteiger partial charge in [-0.2, -0.15) is 0 Å². The van der Waals surface area contributed by atoms with E-state index >= 15 is 0 Å². The average Bonchev–Trinajstić information content (AvgIpc) is 2.84. The summed E-state index contributed by atoms with van der Waals surface area (Å²) in [5.74, 6) is -0.424. The van der Waals surface area contributed by atoms with Crippen LogP contribution in [0.15, 0.2) is 14.7 Å². The predicted octanol–water partition coefficient (Wildman–Crippen LogP) is 2.82. The van der Waals surface area contributed by atoms with Gasteiger partial charge in [0, 0.05) is 10.8 Å². The van der Waals surface area contributed by atoms with Crippen LogP contribution in [0.2, 0.25) is 0 Å². The number of aromatic nitrogens is 2. The van der Waals surface area contributed by atoms with E-state index in [1.54, 1.807) is 5.38 Å². The smallest absolute Gasteiger partial charge is 0.357 e. The first-order valence-electron chi connectivity index (χ1n) is 3.86. The van der Waals surface area contributed by atoms with Crippen molar-refractivity contribution in [2.45, 2.75) is 0 Å². The number of rotatable bonds is 2. The molecule has 2 rings (SSSR count). The van der Waals surface area contributed by atoms with E-state index in [0.717, 1.165) is 14.6 Å². The molecular weight excluding hydrogens is 300 g/mol. The van der Waals surface area contributed by atoms with Crippen molar-refractivity contribution in [2.24, 2.45) is 0 Å². The Morgan fingerprint density at radius 1 is 1.40 bits per heavy atom. The lowest BCUT2D eigenvalue weighted by Gasteiger charge is -1.91. The quantitative estimate of drug-likeness (QED) is 0.801. The van der Waals surface area contributed by atoms with E-state index in [2.05, 4.69) is 30.6 Å². The molecule has 2 aromatic heterocycles. The molecule has 0 fully saturated rings. The van der Waals surface area contributed by atoms with Crippen molar-refractivity contribution in [3.8, 4) is 10.7 Å². The molecule has 0 N–H and O–H groups in total. The van der Waals surface area contributed by atoms with Crippen molar-refractivity contribution in [3.05, 3.63) is 20.4 Å². The first-order valence-corrected chi connectivity index (χ1v) is 6.41. The lowest BCUT2D eigenvalue weighted by atomic mass is 10.5. The van der Waals surface area contributed by atoms with Crippen LogP contribution in [-0.2, 0) is 4.74 Å². The Labute approximate surface area is 102 Å². The molecule has 0 spiro atoms. The highest BCUT2D eigenvalue weighted by atomic mass is 79.9. The summed E-state index contributed by atoms with van der Waals surface area (Å²) in [6.07, 6.45) is 0. The lowest BCUT2D eigenvalue weighted by molar-refractivity contribution is 0.0595. The molecule has 0 bridgehead atoms. The van der Waals surface area contributed by atoms with Crippen LogP contribution in [0.3, 0.4) is 0 Å². The number of halogens is 1. The highest BCUT2D eigenvalue weighted by Gasteiger charge is 2.13. The predicted molar refractivity (Wildman–Crippen MR) is 62.3 cm³/mol. The molecule has 0 saturated carbocycles. The Balaban J connectivity index is 2.31. The number of carbonyl (C=O) groups excluding carboxylic acids is 1. The third kappa shape index (κ3) is 2.24. The maximum Gasteiger partial charge on any atom is 0.357 e. The summed E-state index contributed by atoms with van der Waals surface area (Å²) in [5, 5.41) is 4.26. The fourth-order valence-corrected chi connectivity index (χ4v) is 2.76. The molecule has 2 heterocycles. The van der Waals surface area contributed by atoms with Crippen LogP contribution in [0.25, 0.3) is 10.7 Å². The minimum absolute atomic E-state index is 0.321. The largest absolute Gasteiger partial charge is 0.464 e. The van der Waals surface area contributed by atoms with Crippen LogP contribution in [0.1, 0.15) is 10.5 Å². The van der Waals surface area contributed by atoms with E-state index in [4.69, 9.17) is 0 Å². The standard InChI is InChI=1S/C8H5BrN2O2S2/c1-13-7(12)5-3-14-6(10-5)4-2-15-8(9)11-4/h2-3H,1H3. The molecule has 0 radical (unpaired) electrons. The summed E-state index contributed by atoms with van der Waals surface area (Å²) in [5.41, 5.74) is 1.09. The monoisotopic (exact) mass is 304 g/mol. The molecule has 0 aromatic carbocycles. The average molecular weight is 305 g/mol. The molecule has 0 aliphatic rings. The lowest BCUT2D eigenvalue weighted by Crippen LogP contribution is -2.00. The van der Waals surface area contributed by atoms with Gasteiger partial charge in [-0.15, -0.1) is 22.7 Å². The molecule has 0 amide bonds. The third-order valence-electron chi connectivity index (χ3n) is 1.59. The zero-order chi connectivity index (χ0) is 10.8. The van der Waals surface area contributed by atoms with Crippen molar-refractivity contribution in [1.29, 1.82) is 0 Å². The molecule has 2 aromatic rings. The van der Waals surface area contributed by atoms with Gasteiger partial charge in [0.1, 0.15) is 10.7 Å². The molecule has 78 valence electrons. The van der Waals surface area contributed by atoms with Crippen LogP contribution in [0, 0.1) is 0 Å². The van der Waals surface area contributed by atoms with E-state index in [1.165, 1.54) is 29.8 Å². The van der Waals surface area contributed by atoms with Gasteiger partial charge in [0.15, 0.2) is 9.61 Å². The minimum atomic E-state index is -0.424. The maximum atomic E-state index is 11.2. The van der Waals surface area contributed by atoms with Crippen LogP contribution in [0.4, 0.5) is 0 Å². The van der Waals surface area contributed by atoms with Gasteiger partial charge in [-0.05, 0) is 15.9 Å². The van der Waals surface area contributed by atoms with Crippen molar-refractivity contribution in [1.82, 2.24) is 9.97 Å². The summed E-state index contributed by atoms with van der Waals surface area (Å²) in [4.78, 5) is 19.5. The van der Waals surface area contributed by atoms with Crippen LogP contribution >= 0.6 is 38.6 Å². The zero-order valence-electron chi connectivity index (χ0n) is 7.56. The number of nitrogens with zero attached hydrogens (tertiary/aromatic N) is 2. The SMILES string of the molecule is COC(=O)c1csc(-c2csc(Br)n2)n1. The molecule has 0 saturated heterocycles. The van der Waals surface area contributed by atoms with Gasteiger partial charge in [0.05, 0.1) is 7.11 Å². The van der Waals surface area contributed by atoms with Gasteiger partial charge in [-0.1, -0.05) is 0 Å². The highest BCUT2D eigenvalue weighted by Crippen LogP contribution is 2.27. The van der Waals surface area contributed by atoms with E-state index in [0.29, 0.717) is 5.69 Å². The molecule has 15 heavy (non-hydrogen) atoms. The summed E-state index contributed by atoms with van der Waals surface area (Å²) < 4.78 is 5.37. The van der Waals surface area contributed by atoms with E-state index in [-0.39, 0.29) is 0 Å². The van der Waals surface area contributed by atoms with Gasteiger partial charge >= 0.3 is 5.97 Å². The molecule has 0 atom stereocenters. The van der Waals surface area contributed by atoms with Gasteiger partial charge in [-0.25, -0.2) is 14.8 Å². The van der Waals surface area contributed by atoms with Gasteiger partial charge in [0.2, 0.25) is 0 Å². The number of ether oxygens (including phenoxy) is 1. The Hall–Kier alpha value is -0.790. The van der Waals surface area contributed by atoms with Crippen molar-refractivity contribution >= 4 is 44.6 Å². The normalized spacial score (nSPS) is 10.3. The minimum Gasteiger partial charge on any atom is -0.464 e. The Kier molecular flexibility index (Phi) is 3.13. The molecule has 7 heteroatoms. The maximum absolute atomic E-state index is 11.2. The molecule has 0 aliphatic heterocycles. The molecule has 0 unspecified atom stereocenters. The topological polar surface area (TPSA) is 52.1 Å². The van der Waals surface area contributed by atoms with Crippen molar-refractivity contribution in [3.63, 3.8) is 0 Å². The summed E-state index contributed by atoms with van der Waals surface area (Å²) >= 11 is 6.12. The summed E-state index contributed by atoms with van der Waals surface area (Å²) in [6.45, 7) is 0. The zero-order valence-corrected chi connectivity index (χ0v) is 10.8. The second kappa shape index (κ2) is 4.38. The summed E-state index contributed by atoms with van der Waals surface area (Å²) in [7, 11) is 1.33. The number of hydrogen-bond acceptors (Lipinski definition) is 6. The van der Waals surface area contributed by atoms with E-state index < -0.39 is 5.97 Å². The second-order valence-electron chi connectivity index (χ2n) is 2.52. The first kappa shape index (κ1) is 10.7. The summed E-state index contributed by atoms with van der Waals surface area (Å²) in [6, 6.07) is 0. The van der Waals surface area contributed by atoms with E-state index in [1.807, 2.05) is 5.38 Å². The Bertz CT molecular complexity index is 494. The number of esters is 1. The second-order valence-corrected chi connectivity index (χ2v) is 5.51. The van der Waals surface area contributed by atoms with Gasteiger partial charge in [0.25, 0.3) is 0 Å². The number of methoxy groups -OCH3 is 1. The highest BCUT2D eigenvalue weighted by molar-refractivity contribution is 9.11. The van der Waals surface area contributed by atoms with Crippen molar-refractivity contribution in [2.75, 3.05) is 7.11 Å². The fraction of sp³-hybridized carbons (Fsp3) is 0.125.